The number of carbonyl (C=O) groups is 1. The van der Waals surface area contributed by atoms with E-state index in [2.05, 4.69) is 10.3 Å². The van der Waals surface area contributed by atoms with Crippen LogP contribution in [0.4, 0.5) is 4.39 Å². The number of benzene rings is 1. The number of carbonyl (C=O) groups excluding carboxylic acids is 1. The topological polar surface area (TPSA) is 42.0 Å². The molecule has 1 aromatic carbocycles. The van der Waals surface area contributed by atoms with Crippen LogP contribution in [0.2, 0.25) is 10.2 Å². The van der Waals surface area contributed by atoms with Crippen molar-refractivity contribution in [2.75, 3.05) is 5.75 Å². The molecular weight excluding hydrogens is 346 g/mol. The Balaban J connectivity index is 1.87. The van der Waals surface area contributed by atoms with E-state index in [9.17, 15) is 9.18 Å². The van der Waals surface area contributed by atoms with E-state index in [4.69, 9.17) is 23.2 Å². The molecule has 0 aliphatic carbocycles. The fourth-order valence-corrected chi connectivity index (χ4v) is 3.76. The van der Waals surface area contributed by atoms with Crippen LogP contribution < -0.4 is 5.32 Å². The normalized spacial score (nSPS) is 17.0. The molecule has 1 amide bonds. The van der Waals surface area contributed by atoms with Crippen molar-refractivity contribution < 1.29 is 9.18 Å². The summed E-state index contributed by atoms with van der Waals surface area (Å²) in [7, 11) is 0. The molecule has 1 aromatic heterocycles. The van der Waals surface area contributed by atoms with Gasteiger partial charge in [-0.2, -0.15) is 0 Å². The van der Waals surface area contributed by atoms with Gasteiger partial charge < -0.3 is 5.32 Å². The molecule has 0 saturated heterocycles. The summed E-state index contributed by atoms with van der Waals surface area (Å²) in [5.41, 5.74) is 0.855. The summed E-state index contributed by atoms with van der Waals surface area (Å²) in [5.74, 6) is 0.110. The summed E-state index contributed by atoms with van der Waals surface area (Å²) in [6.45, 7) is 0. The zero-order valence-electron chi connectivity index (χ0n) is 11.3. The van der Waals surface area contributed by atoms with Crippen LogP contribution >= 0.6 is 35.0 Å². The number of rotatable bonds is 2. The lowest BCUT2D eigenvalue weighted by Crippen LogP contribution is -2.31. The maximum absolute atomic E-state index is 13.5. The number of thioether (sulfide) groups is 1. The minimum Gasteiger partial charge on any atom is -0.344 e. The number of aromatic nitrogens is 1. The highest BCUT2D eigenvalue weighted by Gasteiger charge is 2.24. The van der Waals surface area contributed by atoms with E-state index in [0.29, 0.717) is 6.42 Å². The number of amides is 1. The molecule has 0 spiro atoms. The summed E-state index contributed by atoms with van der Waals surface area (Å²) < 4.78 is 13.5. The fourth-order valence-electron chi connectivity index (χ4n) is 2.32. The highest BCUT2D eigenvalue weighted by Crippen LogP contribution is 2.36. The van der Waals surface area contributed by atoms with E-state index in [-0.39, 0.29) is 27.7 Å². The average Bonchev–Trinajstić information content (AvgIpc) is 2.50. The highest BCUT2D eigenvalue weighted by atomic mass is 35.5. The van der Waals surface area contributed by atoms with E-state index in [1.807, 2.05) is 0 Å². The van der Waals surface area contributed by atoms with Crippen LogP contribution in [-0.4, -0.2) is 16.6 Å². The van der Waals surface area contributed by atoms with Crippen LogP contribution in [0.3, 0.4) is 0 Å². The van der Waals surface area contributed by atoms with Crippen LogP contribution in [0.25, 0.3) is 0 Å². The lowest BCUT2D eigenvalue weighted by molar-refractivity contribution is 0.0930. The molecule has 3 rings (SSSR count). The molecule has 1 unspecified atom stereocenters. The second kappa shape index (κ2) is 6.44. The monoisotopic (exact) mass is 356 g/mol. The standard InChI is InChI=1S/C15H11Cl2FN2OS/c16-10-2-4-13(17)20-14(10)15(21)19-11-5-6-22-12-3-1-8(18)7-9(11)12/h1-4,7,11H,5-6H2,(H,19,21). The molecule has 0 bridgehead atoms. The minimum atomic E-state index is -0.417. The third-order valence-electron chi connectivity index (χ3n) is 3.34. The molecule has 1 N–H and O–H groups in total. The van der Waals surface area contributed by atoms with Gasteiger partial charge in [-0.25, -0.2) is 9.37 Å². The Morgan fingerprint density at radius 1 is 1.32 bits per heavy atom. The molecule has 114 valence electrons. The van der Waals surface area contributed by atoms with Gasteiger partial charge in [-0.05, 0) is 42.3 Å². The molecule has 2 aromatic rings. The summed E-state index contributed by atoms with van der Waals surface area (Å²) in [6, 6.07) is 7.39. The predicted molar refractivity (Wildman–Crippen MR) is 86.2 cm³/mol. The van der Waals surface area contributed by atoms with Crippen LogP contribution in [0.15, 0.2) is 35.2 Å². The minimum absolute atomic E-state index is 0.0744. The van der Waals surface area contributed by atoms with Gasteiger partial charge in [0, 0.05) is 10.6 Å². The van der Waals surface area contributed by atoms with Gasteiger partial charge in [-0.15, -0.1) is 11.8 Å². The zero-order valence-corrected chi connectivity index (χ0v) is 13.6. The largest absolute Gasteiger partial charge is 0.344 e. The maximum atomic E-state index is 13.5. The summed E-state index contributed by atoms with van der Waals surface area (Å²) in [5, 5.41) is 3.29. The van der Waals surface area contributed by atoms with Gasteiger partial charge in [0.15, 0.2) is 0 Å². The third kappa shape index (κ3) is 3.21. The van der Waals surface area contributed by atoms with Gasteiger partial charge in [0.25, 0.3) is 5.91 Å². The number of nitrogens with one attached hydrogen (secondary N) is 1. The Kier molecular flexibility index (Phi) is 4.57. The van der Waals surface area contributed by atoms with E-state index in [0.717, 1.165) is 16.2 Å². The summed E-state index contributed by atoms with van der Waals surface area (Å²) in [6.07, 6.45) is 0.713. The van der Waals surface area contributed by atoms with Crippen LogP contribution in [-0.2, 0) is 0 Å². The van der Waals surface area contributed by atoms with Crippen LogP contribution in [0.5, 0.6) is 0 Å². The van der Waals surface area contributed by atoms with Gasteiger partial charge in [-0.1, -0.05) is 23.2 Å². The average molecular weight is 357 g/mol. The summed E-state index contributed by atoms with van der Waals surface area (Å²) in [4.78, 5) is 17.3. The first kappa shape index (κ1) is 15.6. The molecule has 7 heteroatoms. The third-order valence-corrected chi connectivity index (χ3v) is 4.98. The first-order valence-electron chi connectivity index (χ1n) is 6.60. The van der Waals surface area contributed by atoms with Crippen molar-refractivity contribution in [2.24, 2.45) is 0 Å². The van der Waals surface area contributed by atoms with Crippen molar-refractivity contribution >= 4 is 40.9 Å². The highest BCUT2D eigenvalue weighted by molar-refractivity contribution is 7.99. The van der Waals surface area contributed by atoms with Crippen molar-refractivity contribution in [1.82, 2.24) is 10.3 Å². The molecule has 0 saturated carbocycles. The lowest BCUT2D eigenvalue weighted by Gasteiger charge is -2.26. The van der Waals surface area contributed by atoms with E-state index in [1.54, 1.807) is 17.8 Å². The number of fused-ring (bicyclic) bond motifs is 1. The predicted octanol–water partition coefficient (Wildman–Crippen LogP) is 4.49. The van der Waals surface area contributed by atoms with Crippen LogP contribution in [0.1, 0.15) is 28.5 Å². The first-order chi connectivity index (χ1) is 10.5. The Labute approximate surface area is 141 Å². The number of nitrogens with zero attached hydrogens (tertiary/aromatic N) is 1. The number of hydrogen-bond acceptors (Lipinski definition) is 3. The van der Waals surface area contributed by atoms with Crippen molar-refractivity contribution in [3.63, 3.8) is 0 Å². The Hall–Kier alpha value is -1.30. The Bertz CT molecular complexity index is 741. The van der Waals surface area contributed by atoms with E-state index < -0.39 is 5.91 Å². The van der Waals surface area contributed by atoms with Gasteiger partial charge in [-0.3, -0.25) is 4.79 Å². The van der Waals surface area contributed by atoms with Crippen molar-refractivity contribution in [3.8, 4) is 0 Å². The molecule has 2 heterocycles. The molecule has 0 radical (unpaired) electrons. The number of halogens is 3. The lowest BCUT2D eigenvalue weighted by atomic mass is 10.0. The molecule has 1 aliphatic rings. The number of pyridine rings is 1. The maximum Gasteiger partial charge on any atom is 0.271 e. The molecular formula is C15H11Cl2FN2OS. The fraction of sp³-hybridized carbons (Fsp3) is 0.200. The Morgan fingerprint density at radius 2 is 2.14 bits per heavy atom. The quantitative estimate of drug-likeness (QED) is 0.805. The van der Waals surface area contributed by atoms with Crippen molar-refractivity contribution in [2.45, 2.75) is 17.4 Å². The van der Waals surface area contributed by atoms with Crippen molar-refractivity contribution in [3.05, 3.63) is 57.6 Å². The van der Waals surface area contributed by atoms with Crippen molar-refractivity contribution in [1.29, 1.82) is 0 Å². The molecule has 1 aliphatic heterocycles. The van der Waals surface area contributed by atoms with E-state index in [1.165, 1.54) is 24.3 Å². The molecule has 1 atom stereocenters. The number of hydrogen-bond donors (Lipinski definition) is 1. The van der Waals surface area contributed by atoms with Gasteiger partial charge in [0.1, 0.15) is 16.7 Å². The smallest absolute Gasteiger partial charge is 0.271 e. The van der Waals surface area contributed by atoms with Gasteiger partial charge in [0.2, 0.25) is 0 Å². The SMILES string of the molecule is O=C(NC1CCSc2ccc(F)cc21)c1nc(Cl)ccc1Cl. The Morgan fingerprint density at radius 3 is 2.95 bits per heavy atom. The second-order valence-corrected chi connectivity index (χ2v) is 6.74. The zero-order chi connectivity index (χ0) is 15.7. The van der Waals surface area contributed by atoms with Crippen LogP contribution in [0, 0.1) is 5.82 Å². The molecule has 22 heavy (non-hydrogen) atoms. The van der Waals surface area contributed by atoms with Gasteiger partial charge >= 0.3 is 0 Å². The second-order valence-electron chi connectivity index (χ2n) is 4.81. The molecule has 0 fully saturated rings. The van der Waals surface area contributed by atoms with Gasteiger partial charge in [0.05, 0.1) is 11.1 Å². The van der Waals surface area contributed by atoms with E-state index >= 15 is 0 Å². The first-order valence-corrected chi connectivity index (χ1v) is 8.34. The molecule has 3 nitrogen and oxygen atoms in total. The summed E-state index contributed by atoms with van der Waals surface area (Å²) >= 11 is 13.4.